The van der Waals surface area contributed by atoms with E-state index in [0.29, 0.717) is 12.2 Å². The van der Waals surface area contributed by atoms with Gasteiger partial charge in [0.15, 0.2) is 14.7 Å². The van der Waals surface area contributed by atoms with Gasteiger partial charge in [-0.1, -0.05) is 49.7 Å². The number of unbranched alkanes of at least 4 members (excludes halogenated alkanes) is 1. The lowest BCUT2D eigenvalue weighted by Crippen LogP contribution is -2.25. The smallest absolute Gasteiger partial charge is 0.514 e. The molecule has 0 unspecified atom stereocenters. The topological polar surface area (TPSA) is 92.7 Å². The van der Waals surface area contributed by atoms with Gasteiger partial charge in [0.1, 0.15) is 11.4 Å². The lowest BCUT2D eigenvalue weighted by atomic mass is 10.2. The van der Waals surface area contributed by atoms with Crippen molar-refractivity contribution in [2.75, 3.05) is 5.75 Å². The average molecular weight is 517 g/mol. The van der Waals surface area contributed by atoms with Crippen molar-refractivity contribution in [3.8, 4) is 5.75 Å². The van der Waals surface area contributed by atoms with Crippen molar-refractivity contribution in [3.63, 3.8) is 0 Å². The molecule has 3 aromatic rings. The molecule has 0 saturated carbocycles. The lowest BCUT2D eigenvalue weighted by Gasteiger charge is -2.18. The molecule has 3 rings (SSSR count). The first-order valence-corrected chi connectivity index (χ1v) is 14.1. The first-order valence-electron chi connectivity index (χ1n) is 11.3. The number of benzene rings is 3. The average Bonchev–Trinajstić information content (AvgIpc) is 2.79. The van der Waals surface area contributed by atoms with Gasteiger partial charge in [0.2, 0.25) is 0 Å². The molecule has 35 heavy (non-hydrogen) atoms. The van der Waals surface area contributed by atoms with Crippen molar-refractivity contribution >= 4 is 27.2 Å². The number of carbonyl (C=O) groups is 1. The third-order valence-electron chi connectivity index (χ3n) is 4.36. The van der Waals surface area contributed by atoms with E-state index in [4.69, 9.17) is 9.47 Å². The molecule has 188 valence electrons. The monoisotopic (exact) mass is 516 g/mol. The maximum atomic E-state index is 11.8. The lowest BCUT2D eigenvalue weighted by molar-refractivity contribution is 0.0206. The Bertz CT molecular complexity index is 1100. The second-order valence-electron chi connectivity index (χ2n) is 8.59. The van der Waals surface area contributed by atoms with Crippen molar-refractivity contribution in [1.82, 2.24) is 0 Å². The molecule has 0 N–H and O–H groups in total. The Morgan fingerprint density at radius 3 is 1.66 bits per heavy atom. The maximum absolute atomic E-state index is 11.8. The zero-order valence-electron chi connectivity index (χ0n) is 20.5. The zero-order chi connectivity index (χ0) is 25.9. The van der Waals surface area contributed by atoms with Crippen LogP contribution in [0.3, 0.4) is 0 Å². The van der Waals surface area contributed by atoms with E-state index in [2.05, 4.69) is 48.5 Å². The van der Waals surface area contributed by atoms with Gasteiger partial charge in [-0.05, 0) is 75.7 Å². The number of hydrogen-bond acceptors (Lipinski definition) is 6. The SMILES string of the molecule is CC(C)(C)OC(=O)Oc1ccc([S+](c2ccccc2)c2ccccc2)cc1.CCCCS(=O)(=O)[O-]. The Kier molecular flexibility index (Phi) is 10.8. The van der Waals surface area contributed by atoms with Gasteiger partial charge in [0, 0.05) is 5.75 Å². The fourth-order valence-corrected chi connectivity index (χ4v) is 5.58. The van der Waals surface area contributed by atoms with E-state index in [1.54, 1.807) is 0 Å². The van der Waals surface area contributed by atoms with E-state index >= 15 is 0 Å². The standard InChI is InChI=1S/C23H23O3S.C4H10O3S/c1-23(2,3)26-22(24)25-18-14-16-21(17-15-18)27(19-10-6-4-7-11-19)20-12-8-5-9-13-20;1-2-3-4-8(5,6)7/h4-17H,1-3H3;2-4H2,1H3,(H,5,6,7)/q+1;/p-1. The summed E-state index contributed by atoms with van der Waals surface area (Å²) < 4.78 is 40.0. The Morgan fingerprint density at radius 1 is 0.829 bits per heavy atom. The molecule has 0 bridgehead atoms. The van der Waals surface area contributed by atoms with E-state index in [1.165, 1.54) is 9.79 Å². The van der Waals surface area contributed by atoms with Crippen LogP contribution in [-0.4, -0.2) is 30.5 Å². The fourth-order valence-electron chi connectivity index (χ4n) is 2.85. The highest BCUT2D eigenvalue weighted by Gasteiger charge is 2.28. The van der Waals surface area contributed by atoms with Gasteiger partial charge in [0.25, 0.3) is 0 Å². The van der Waals surface area contributed by atoms with E-state index < -0.39 is 21.9 Å². The van der Waals surface area contributed by atoms with Crippen LogP contribution in [0.1, 0.15) is 40.5 Å². The molecular weight excluding hydrogens is 484 g/mol. The summed E-state index contributed by atoms with van der Waals surface area (Å²) in [7, 11) is -4.16. The first kappa shape index (κ1) is 28.4. The summed E-state index contributed by atoms with van der Waals surface area (Å²) >= 11 is 0. The molecule has 0 aromatic heterocycles. The third kappa shape index (κ3) is 11.0. The first-order chi connectivity index (χ1) is 16.5. The summed E-state index contributed by atoms with van der Waals surface area (Å²) in [6.45, 7) is 7.26. The van der Waals surface area contributed by atoms with Crippen molar-refractivity contribution in [1.29, 1.82) is 0 Å². The molecule has 0 aliphatic rings. The van der Waals surface area contributed by atoms with Crippen LogP contribution in [-0.2, 0) is 25.7 Å². The largest absolute Gasteiger partial charge is 0.748 e. The van der Waals surface area contributed by atoms with Gasteiger partial charge >= 0.3 is 6.16 Å². The highest BCUT2D eigenvalue weighted by atomic mass is 32.2. The second-order valence-corrected chi connectivity index (χ2v) is 12.1. The molecule has 0 aliphatic carbocycles. The second kappa shape index (κ2) is 13.3. The van der Waals surface area contributed by atoms with Crippen LogP contribution in [0.15, 0.2) is 99.6 Å². The van der Waals surface area contributed by atoms with E-state index in [-0.39, 0.29) is 16.6 Å². The molecule has 0 spiro atoms. The van der Waals surface area contributed by atoms with Crippen molar-refractivity contribution in [3.05, 3.63) is 84.9 Å². The Morgan fingerprint density at radius 2 is 1.29 bits per heavy atom. The predicted octanol–water partition coefficient (Wildman–Crippen LogP) is 6.43. The van der Waals surface area contributed by atoms with Crippen LogP contribution in [0, 0.1) is 0 Å². The highest BCUT2D eigenvalue weighted by Crippen LogP contribution is 2.32. The summed E-state index contributed by atoms with van der Waals surface area (Å²) in [5, 5.41) is 0. The quantitative estimate of drug-likeness (QED) is 0.156. The van der Waals surface area contributed by atoms with Crippen LogP contribution >= 0.6 is 0 Å². The molecule has 0 heterocycles. The summed E-state index contributed by atoms with van der Waals surface area (Å²) in [6.07, 6.45) is 0.535. The number of rotatable bonds is 7. The molecule has 0 saturated heterocycles. The van der Waals surface area contributed by atoms with Crippen LogP contribution < -0.4 is 4.74 Å². The minimum absolute atomic E-state index is 0.219. The summed E-state index contributed by atoms with van der Waals surface area (Å²) in [5.41, 5.74) is -0.579. The minimum Gasteiger partial charge on any atom is -0.748 e. The van der Waals surface area contributed by atoms with Crippen molar-refractivity contribution in [2.45, 2.75) is 60.8 Å². The van der Waals surface area contributed by atoms with Crippen LogP contribution in [0.5, 0.6) is 5.75 Å². The molecule has 0 aliphatic heterocycles. The predicted molar refractivity (Wildman–Crippen MR) is 138 cm³/mol. The van der Waals surface area contributed by atoms with E-state index in [1.807, 2.05) is 64.1 Å². The fraction of sp³-hybridized carbons (Fsp3) is 0.296. The molecule has 0 fully saturated rings. The molecule has 0 radical (unpaired) electrons. The third-order valence-corrected chi connectivity index (χ3v) is 7.38. The normalized spacial score (nSPS) is 11.4. The molecule has 6 nitrogen and oxygen atoms in total. The van der Waals surface area contributed by atoms with Crippen LogP contribution in [0.2, 0.25) is 0 Å². The summed E-state index contributed by atoms with van der Waals surface area (Å²) in [4.78, 5) is 15.5. The molecule has 8 heteroatoms. The van der Waals surface area contributed by atoms with Gasteiger partial charge < -0.3 is 14.0 Å². The number of ether oxygens (including phenoxy) is 2. The van der Waals surface area contributed by atoms with Gasteiger partial charge in [-0.3, -0.25) is 0 Å². The molecule has 0 amide bonds. The Labute approximate surface area is 211 Å². The van der Waals surface area contributed by atoms with Gasteiger partial charge in [0.05, 0.1) is 21.0 Å². The van der Waals surface area contributed by atoms with Crippen molar-refractivity contribution < 1.29 is 27.2 Å². The van der Waals surface area contributed by atoms with Crippen LogP contribution in [0.4, 0.5) is 4.79 Å². The number of carbonyl (C=O) groups excluding carboxylic acids is 1. The number of hydrogen-bond donors (Lipinski definition) is 0. The van der Waals surface area contributed by atoms with E-state index in [9.17, 15) is 17.8 Å². The van der Waals surface area contributed by atoms with E-state index in [0.717, 1.165) is 11.3 Å². The Balaban J connectivity index is 0.000000466. The van der Waals surface area contributed by atoms with Gasteiger partial charge in [-0.2, -0.15) is 0 Å². The summed E-state index contributed by atoms with van der Waals surface area (Å²) in [6, 6.07) is 28.4. The minimum atomic E-state index is -3.94. The van der Waals surface area contributed by atoms with Crippen molar-refractivity contribution in [2.24, 2.45) is 0 Å². The molecule has 3 aromatic carbocycles. The summed E-state index contributed by atoms with van der Waals surface area (Å²) in [5.74, 6) is 0.251. The zero-order valence-corrected chi connectivity index (χ0v) is 22.1. The Hall–Kier alpha value is -2.81. The molecule has 0 atom stereocenters. The highest BCUT2D eigenvalue weighted by molar-refractivity contribution is 7.97. The van der Waals surface area contributed by atoms with Gasteiger partial charge in [-0.25, -0.2) is 13.2 Å². The molecular formula is C27H32O6S2. The maximum Gasteiger partial charge on any atom is 0.514 e. The van der Waals surface area contributed by atoms with Crippen LogP contribution in [0.25, 0.3) is 0 Å². The van der Waals surface area contributed by atoms with Gasteiger partial charge in [-0.15, -0.1) is 0 Å².